The predicted octanol–water partition coefficient (Wildman–Crippen LogP) is 2.56. The Labute approximate surface area is 116 Å². The molecule has 0 aliphatic rings. The Hall–Kier alpha value is -0.781. The SMILES string of the molecule is COCCOC[Se]CCCC#Cc1ccccc1. The topological polar surface area (TPSA) is 18.5 Å². The zero-order valence-corrected chi connectivity index (χ0v) is 12.6. The molecule has 18 heavy (non-hydrogen) atoms. The van der Waals surface area contributed by atoms with Crippen LogP contribution in [0.1, 0.15) is 18.4 Å². The maximum atomic E-state index is 5.42. The van der Waals surface area contributed by atoms with Crippen LogP contribution in [0.25, 0.3) is 0 Å². The van der Waals surface area contributed by atoms with Gasteiger partial charge in [0.05, 0.1) is 0 Å². The van der Waals surface area contributed by atoms with Gasteiger partial charge in [0.1, 0.15) is 0 Å². The maximum absolute atomic E-state index is 5.42. The fourth-order valence-electron chi connectivity index (χ4n) is 1.27. The Morgan fingerprint density at radius 2 is 2.00 bits per heavy atom. The van der Waals surface area contributed by atoms with Gasteiger partial charge in [0.15, 0.2) is 0 Å². The summed E-state index contributed by atoms with van der Waals surface area (Å²) < 4.78 is 10.3. The quantitative estimate of drug-likeness (QED) is 0.417. The molecule has 98 valence electrons. The number of hydrogen-bond donors (Lipinski definition) is 0. The Balaban J connectivity index is 1.94. The number of ether oxygens (including phenoxy) is 2. The van der Waals surface area contributed by atoms with Crippen LogP contribution in [0, 0.1) is 11.8 Å². The van der Waals surface area contributed by atoms with Gasteiger partial charge in [-0.05, 0) is 0 Å². The third-order valence-electron chi connectivity index (χ3n) is 2.20. The minimum atomic E-state index is 0.585. The Morgan fingerprint density at radius 1 is 1.17 bits per heavy atom. The molecular weight excluding hydrogens is 291 g/mol. The van der Waals surface area contributed by atoms with Crippen LogP contribution in [0.5, 0.6) is 0 Å². The molecule has 0 spiro atoms. The van der Waals surface area contributed by atoms with E-state index in [1.165, 1.54) is 11.7 Å². The van der Waals surface area contributed by atoms with Gasteiger partial charge in [-0.15, -0.1) is 0 Å². The number of methoxy groups -OCH3 is 1. The van der Waals surface area contributed by atoms with Crippen molar-refractivity contribution in [1.82, 2.24) is 0 Å². The van der Waals surface area contributed by atoms with E-state index in [1.807, 2.05) is 30.3 Å². The first-order valence-corrected chi connectivity index (χ1v) is 8.54. The molecule has 0 saturated carbocycles. The summed E-state index contributed by atoms with van der Waals surface area (Å²) >= 11 is 0.585. The molecule has 1 aromatic carbocycles. The molecule has 0 unspecified atom stereocenters. The molecule has 0 bridgehead atoms. The summed E-state index contributed by atoms with van der Waals surface area (Å²) in [5.41, 5.74) is 1.99. The summed E-state index contributed by atoms with van der Waals surface area (Å²) in [5, 5.41) is 1.24. The van der Waals surface area contributed by atoms with Crippen molar-refractivity contribution in [2.45, 2.75) is 18.2 Å². The number of benzene rings is 1. The van der Waals surface area contributed by atoms with E-state index in [0.717, 1.165) is 17.5 Å². The van der Waals surface area contributed by atoms with Gasteiger partial charge in [-0.1, -0.05) is 0 Å². The van der Waals surface area contributed by atoms with Crippen LogP contribution in [0.2, 0.25) is 5.32 Å². The molecule has 0 aromatic heterocycles. The van der Waals surface area contributed by atoms with Crippen molar-refractivity contribution in [3.63, 3.8) is 0 Å². The van der Waals surface area contributed by atoms with Crippen LogP contribution in [0.3, 0.4) is 0 Å². The van der Waals surface area contributed by atoms with Gasteiger partial charge in [0, 0.05) is 0 Å². The summed E-state index contributed by atoms with van der Waals surface area (Å²) in [5.74, 6) is 6.38. The van der Waals surface area contributed by atoms with Crippen molar-refractivity contribution in [1.29, 1.82) is 0 Å². The van der Waals surface area contributed by atoms with Crippen molar-refractivity contribution in [2.24, 2.45) is 0 Å². The fourth-order valence-corrected chi connectivity index (χ4v) is 2.74. The standard InChI is InChI=1S/C15H20O2Se/c1-16-11-12-17-14-18-13-7-3-6-10-15-8-4-2-5-9-15/h2,4-5,8-9H,3,7,11-14H2,1H3. The van der Waals surface area contributed by atoms with Gasteiger partial charge in [0.25, 0.3) is 0 Å². The van der Waals surface area contributed by atoms with E-state index in [2.05, 4.69) is 11.8 Å². The van der Waals surface area contributed by atoms with E-state index < -0.39 is 0 Å². The molecular formula is C15H20O2Se. The molecule has 0 N–H and O–H groups in total. The van der Waals surface area contributed by atoms with Crippen LogP contribution in [-0.2, 0) is 9.47 Å². The molecule has 0 aliphatic heterocycles. The van der Waals surface area contributed by atoms with Crippen molar-refractivity contribution >= 4 is 15.0 Å². The average molecular weight is 311 g/mol. The third kappa shape index (κ3) is 8.33. The summed E-state index contributed by atoms with van der Waals surface area (Å²) in [6.45, 7) is 1.41. The zero-order chi connectivity index (χ0) is 12.9. The van der Waals surface area contributed by atoms with Crippen LogP contribution >= 0.6 is 0 Å². The van der Waals surface area contributed by atoms with E-state index in [1.54, 1.807) is 7.11 Å². The molecule has 0 radical (unpaired) electrons. The number of hydrogen-bond acceptors (Lipinski definition) is 2. The van der Waals surface area contributed by atoms with E-state index in [-0.39, 0.29) is 0 Å². The van der Waals surface area contributed by atoms with E-state index >= 15 is 0 Å². The molecule has 1 rings (SSSR count). The van der Waals surface area contributed by atoms with Crippen molar-refractivity contribution < 1.29 is 9.47 Å². The third-order valence-corrected chi connectivity index (χ3v) is 4.11. The average Bonchev–Trinajstić information content (AvgIpc) is 2.42. The summed E-state index contributed by atoms with van der Waals surface area (Å²) in [4.78, 5) is 0. The minimum absolute atomic E-state index is 0.585. The van der Waals surface area contributed by atoms with Crippen LogP contribution in [0.15, 0.2) is 30.3 Å². The zero-order valence-electron chi connectivity index (χ0n) is 10.9. The monoisotopic (exact) mass is 312 g/mol. The van der Waals surface area contributed by atoms with Crippen molar-refractivity contribution in [3.8, 4) is 11.8 Å². The van der Waals surface area contributed by atoms with Gasteiger partial charge >= 0.3 is 116 Å². The Morgan fingerprint density at radius 3 is 2.78 bits per heavy atom. The van der Waals surface area contributed by atoms with Gasteiger partial charge in [-0.25, -0.2) is 0 Å². The first kappa shape index (κ1) is 15.3. The predicted molar refractivity (Wildman–Crippen MR) is 75.8 cm³/mol. The van der Waals surface area contributed by atoms with Crippen LogP contribution < -0.4 is 0 Å². The molecule has 1 aromatic rings. The molecule has 0 aliphatic carbocycles. The molecule has 0 fully saturated rings. The molecule has 0 amide bonds. The summed E-state index contributed by atoms with van der Waals surface area (Å²) in [7, 11) is 1.69. The van der Waals surface area contributed by atoms with Gasteiger partial charge < -0.3 is 0 Å². The van der Waals surface area contributed by atoms with Crippen LogP contribution in [-0.4, -0.2) is 40.8 Å². The molecule has 0 saturated heterocycles. The van der Waals surface area contributed by atoms with Crippen molar-refractivity contribution in [3.05, 3.63) is 35.9 Å². The van der Waals surface area contributed by atoms with Gasteiger partial charge in [-0.2, -0.15) is 0 Å². The summed E-state index contributed by atoms with van der Waals surface area (Å²) in [6.07, 6.45) is 2.15. The normalized spacial score (nSPS) is 9.83. The second-order valence-corrected chi connectivity index (χ2v) is 5.91. The molecule has 0 atom stereocenters. The number of unbranched alkanes of at least 4 members (excludes halogenated alkanes) is 1. The van der Waals surface area contributed by atoms with E-state index in [0.29, 0.717) is 28.2 Å². The first-order valence-electron chi connectivity index (χ1n) is 6.12. The summed E-state index contributed by atoms with van der Waals surface area (Å²) in [6, 6.07) is 10.1. The van der Waals surface area contributed by atoms with Crippen LogP contribution in [0.4, 0.5) is 0 Å². The second-order valence-electron chi connectivity index (χ2n) is 3.70. The second kappa shape index (κ2) is 11.3. The Kier molecular flexibility index (Phi) is 9.61. The Bertz CT molecular complexity index is 354. The van der Waals surface area contributed by atoms with Gasteiger partial charge in [-0.3, -0.25) is 0 Å². The van der Waals surface area contributed by atoms with Crippen molar-refractivity contribution in [2.75, 3.05) is 25.8 Å². The van der Waals surface area contributed by atoms with Gasteiger partial charge in [0.2, 0.25) is 0 Å². The molecule has 0 heterocycles. The number of rotatable bonds is 8. The molecule has 2 nitrogen and oxygen atoms in total. The van der Waals surface area contributed by atoms with E-state index in [9.17, 15) is 0 Å². The first-order chi connectivity index (χ1) is 8.93. The molecule has 3 heteroatoms. The van der Waals surface area contributed by atoms with E-state index in [4.69, 9.17) is 9.47 Å². The fraction of sp³-hybridized carbons (Fsp3) is 0.467.